The summed E-state index contributed by atoms with van der Waals surface area (Å²) in [7, 11) is 0. The minimum Gasteiger partial charge on any atom is -0.444 e. The van der Waals surface area contributed by atoms with E-state index in [0.29, 0.717) is 32.5 Å². The maximum absolute atomic E-state index is 13.3. The smallest absolute Gasteiger partial charge is 0.411 e. The molecule has 2 aliphatic heterocycles. The minimum atomic E-state index is -1.75. The van der Waals surface area contributed by atoms with Crippen molar-refractivity contribution in [2.45, 2.75) is 57.3 Å². The Bertz CT molecular complexity index is 683. The second-order valence-electron chi connectivity index (χ2n) is 8.24. The molecule has 2 atom stereocenters. The average Bonchev–Trinajstić information content (AvgIpc) is 2.74. The summed E-state index contributed by atoms with van der Waals surface area (Å²) in [5, 5.41) is 0. The van der Waals surface area contributed by atoms with Crippen LogP contribution in [0.3, 0.4) is 0 Å². The number of amides is 1. The van der Waals surface area contributed by atoms with Crippen LogP contribution in [-0.4, -0.2) is 46.2 Å². The second-order valence-corrected chi connectivity index (χ2v) is 8.24. The molecule has 142 valence electrons. The van der Waals surface area contributed by atoms with Crippen molar-refractivity contribution in [1.29, 1.82) is 0 Å². The van der Waals surface area contributed by atoms with Gasteiger partial charge in [0, 0.05) is 31.8 Å². The van der Waals surface area contributed by atoms with Crippen molar-refractivity contribution in [1.82, 2.24) is 9.80 Å². The van der Waals surface area contributed by atoms with Crippen LogP contribution >= 0.6 is 0 Å². The molecule has 2 unspecified atom stereocenters. The van der Waals surface area contributed by atoms with E-state index in [1.165, 1.54) is 0 Å². The number of rotatable bonds is 3. The van der Waals surface area contributed by atoms with Gasteiger partial charge in [-0.1, -0.05) is 30.3 Å². The van der Waals surface area contributed by atoms with Crippen LogP contribution in [0.1, 0.15) is 39.2 Å². The number of nitrogens with zero attached hydrogens (tertiary/aromatic N) is 2. The van der Waals surface area contributed by atoms with Gasteiger partial charge in [0.25, 0.3) is 6.08 Å². The Morgan fingerprint density at radius 2 is 2.00 bits per heavy atom. The van der Waals surface area contributed by atoms with E-state index in [0.717, 1.165) is 11.6 Å². The van der Waals surface area contributed by atoms with Crippen molar-refractivity contribution in [3.63, 3.8) is 0 Å². The van der Waals surface area contributed by atoms with Crippen LogP contribution in [0, 0.1) is 0 Å². The van der Waals surface area contributed by atoms with Crippen molar-refractivity contribution in [3.05, 3.63) is 48.1 Å². The van der Waals surface area contributed by atoms with Gasteiger partial charge in [0.1, 0.15) is 5.60 Å². The third-order valence-corrected chi connectivity index (χ3v) is 4.94. The fourth-order valence-electron chi connectivity index (χ4n) is 4.10. The summed E-state index contributed by atoms with van der Waals surface area (Å²) in [6.07, 6.45) is -0.0697. The van der Waals surface area contributed by atoms with Gasteiger partial charge in [0.05, 0.1) is 5.54 Å². The highest BCUT2D eigenvalue weighted by molar-refractivity contribution is 5.71. The van der Waals surface area contributed by atoms with Crippen LogP contribution in [0.4, 0.5) is 13.6 Å². The van der Waals surface area contributed by atoms with Crippen LogP contribution in [0.5, 0.6) is 0 Å². The summed E-state index contributed by atoms with van der Waals surface area (Å²) < 4.78 is 32.0. The number of carbonyl (C=O) groups is 1. The zero-order valence-corrected chi connectivity index (χ0v) is 15.5. The van der Waals surface area contributed by atoms with Gasteiger partial charge >= 0.3 is 6.09 Å². The second kappa shape index (κ2) is 6.99. The number of halogens is 2. The lowest BCUT2D eigenvalue weighted by molar-refractivity contribution is -0.0225. The van der Waals surface area contributed by atoms with E-state index in [4.69, 9.17) is 4.74 Å². The molecule has 1 aromatic carbocycles. The lowest BCUT2D eigenvalue weighted by atomic mass is 9.94. The van der Waals surface area contributed by atoms with Crippen LogP contribution in [0.15, 0.2) is 42.5 Å². The van der Waals surface area contributed by atoms with Gasteiger partial charge < -0.3 is 4.74 Å². The number of piperazine rings is 1. The molecule has 3 rings (SSSR count). The molecule has 0 aliphatic carbocycles. The SMILES string of the molecule is CC(C)(C)OC(=O)N1C2CCC1(C=C(F)F)CN(Cc1ccccc1)C2. The van der Waals surface area contributed by atoms with Crippen LogP contribution in [-0.2, 0) is 11.3 Å². The maximum atomic E-state index is 13.3. The Hall–Kier alpha value is -1.95. The summed E-state index contributed by atoms with van der Waals surface area (Å²) >= 11 is 0. The average molecular weight is 364 g/mol. The van der Waals surface area contributed by atoms with Crippen molar-refractivity contribution < 1.29 is 18.3 Å². The molecule has 4 nitrogen and oxygen atoms in total. The van der Waals surface area contributed by atoms with Gasteiger partial charge in [-0.3, -0.25) is 9.80 Å². The monoisotopic (exact) mass is 364 g/mol. The first-order valence-electron chi connectivity index (χ1n) is 9.01. The Labute approximate surface area is 153 Å². The molecule has 0 saturated carbocycles. The van der Waals surface area contributed by atoms with E-state index < -0.39 is 23.3 Å². The van der Waals surface area contributed by atoms with Crippen molar-refractivity contribution in [2.75, 3.05) is 13.1 Å². The topological polar surface area (TPSA) is 32.8 Å². The molecule has 0 spiro atoms. The van der Waals surface area contributed by atoms with E-state index >= 15 is 0 Å². The molecule has 0 N–H and O–H groups in total. The summed E-state index contributed by atoms with van der Waals surface area (Å²) in [6.45, 7) is 7.10. The zero-order chi connectivity index (χ0) is 18.9. The fourth-order valence-corrected chi connectivity index (χ4v) is 4.10. The van der Waals surface area contributed by atoms with E-state index in [9.17, 15) is 13.6 Å². The molecule has 2 aliphatic rings. The Morgan fingerprint density at radius 1 is 1.31 bits per heavy atom. The largest absolute Gasteiger partial charge is 0.444 e. The first kappa shape index (κ1) is 18.8. The molecule has 2 saturated heterocycles. The molecule has 2 fully saturated rings. The molecular weight excluding hydrogens is 338 g/mol. The molecule has 1 aromatic rings. The van der Waals surface area contributed by atoms with E-state index in [2.05, 4.69) is 4.90 Å². The molecule has 26 heavy (non-hydrogen) atoms. The van der Waals surface area contributed by atoms with Crippen LogP contribution in [0.25, 0.3) is 0 Å². The molecule has 2 heterocycles. The number of hydrogen-bond donors (Lipinski definition) is 0. The first-order valence-corrected chi connectivity index (χ1v) is 9.01. The molecule has 0 aromatic heterocycles. The Morgan fingerprint density at radius 3 is 2.62 bits per heavy atom. The lowest BCUT2D eigenvalue weighted by Crippen LogP contribution is -2.62. The third-order valence-electron chi connectivity index (χ3n) is 4.94. The van der Waals surface area contributed by atoms with E-state index in [1.807, 2.05) is 30.3 Å². The molecular formula is C20H26F2N2O2. The lowest BCUT2D eigenvalue weighted by Gasteiger charge is -2.47. The first-order chi connectivity index (χ1) is 12.2. The number of carbonyl (C=O) groups excluding carboxylic acids is 1. The number of ether oxygens (including phenoxy) is 1. The molecule has 1 amide bonds. The van der Waals surface area contributed by atoms with Crippen molar-refractivity contribution in [2.24, 2.45) is 0 Å². The third kappa shape index (κ3) is 4.06. The van der Waals surface area contributed by atoms with Gasteiger partial charge in [0.2, 0.25) is 0 Å². The number of benzene rings is 1. The molecule has 2 bridgehead atoms. The Balaban J connectivity index is 1.85. The predicted molar refractivity (Wildman–Crippen MR) is 95.8 cm³/mol. The zero-order valence-electron chi connectivity index (χ0n) is 15.5. The highest BCUT2D eigenvalue weighted by atomic mass is 19.3. The fraction of sp³-hybridized carbons (Fsp3) is 0.550. The summed E-state index contributed by atoms with van der Waals surface area (Å²) in [6, 6.07) is 9.84. The van der Waals surface area contributed by atoms with E-state index in [1.54, 1.807) is 25.7 Å². The van der Waals surface area contributed by atoms with Gasteiger partial charge in [-0.15, -0.1) is 0 Å². The van der Waals surface area contributed by atoms with Crippen LogP contribution in [0.2, 0.25) is 0 Å². The van der Waals surface area contributed by atoms with Crippen LogP contribution < -0.4 is 0 Å². The normalized spacial score (nSPS) is 25.9. The van der Waals surface area contributed by atoms with Crippen molar-refractivity contribution in [3.8, 4) is 0 Å². The van der Waals surface area contributed by atoms with Crippen molar-refractivity contribution >= 4 is 6.09 Å². The Kier molecular flexibility index (Phi) is 5.06. The highest BCUT2D eigenvalue weighted by Gasteiger charge is 2.54. The van der Waals surface area contributed by atoms with E-state index in [-0.39, 0.29) is 6.04 Å². The summed E-state index contributed by atoms with van der Waals surface area (Å²) in [5.41, 5.74) is -0.520. The maximum Gasteiger partial charge on any atom is 0.411 e. The number of fused-ring (bicyclic) bond motifs is 2. The van der Waals surface area contributed by atoms with Gasteiger partial charge in [-0.25, -0.2) is 4.79 Å². The molecule has 0 radical (unpaired) electrons. The highest BCUT2D eigenvalue weighted by Crippen LogP contribution is 2.42. The predicted octanol–water partition coefficient (Wildman–Crippen LogP) is 4.42. The standard InChI is InChI=1S/C20H26F2N2O2/c1-19(2,3)26-18(25)24-16-9-10-20(24,11-17(21)22)14-23(13-16)12-15-7-5-4-6-8-15/h4-8,11,16H,9-10,12-14H2,1-3H3. The minimum absolute atomic E-state index is 0.113. The van der Waals surface area contributed by atoms with Gasteiger partial charge in [0.15, 0.2) is 0 Å². The summed E-state index contributed by atoms with van der Waals surface area (Å²) in [4.78, 5) is 16.5. The summed E-state index contributed by atoms with van der Waals surface area (Å²) in [5.74, 6) is 0. The van der Waals surface area contributed by atoms with Gasteiger partial charge in [-0.2, -0.15) is 8.78 Å². The number of hydrogen-bond acceptors (Lipinski definition) is 3. The number of likely N-dealkylation sites (tertiary alicyclic amines) is 1. The molecule has 6 heteroatoms. The van der Waals surface area contributed by atoms with Gasteiger partial charge in [-0.05, 0) is 39.2 Å². The quantitative estimate of drug-likeness (QED) is 0.796.